The zero-order valence-corrected chi connectivity index (χ0v) is 19.4. The molecule has 3 aromatic rings. The van der Waals surface area contributed by atoms with E-state index in [0.29, 0.717) is 30.1 Å². The van der Waals surface area contributed by atoms with E-state index in [1.807, 2.05) is 6.92 Å². The maximum atomic E-state index is 13.3. The lowest BCUT2D eigenvalue weighted by atomic mass is 10.0. The number of nitrogens with one attached hydrogen (secondary N) is 1. The number of hydrogen-bond acceptors (Lipinski definition) is 5. The third-order valence-electron chi connectivity index (χ3n) is 5.39. The third kappa shape index (κ3) is 4.31. The first-order chi connectivity index (χ1) is 15.2. The molecule has 0 radical (unpaired) electrons. The van der Waals surface area contributed by atoms with Crippen LogP contribution in [0.5, 0.6) is 5.75 Å². The quantitative estimate of drug-likeness (QED) is 0.587. The Morgan fingerprint density at radius 3 is 2.19 bits per heavy atom. The van der Waals surface area contributed by atoms with Gasteiger partial charge in [0.1, 0.15) is 5.75 Å². The van der Waals surface area contributed by atoms with Crippen LogP contribution in [0.4, 0.5) is 11.4 Å². The van der Waals surface area contributed by atoms with Gasteiger partial charge in [-0.25, -0.2) is 16.8 Å². The molecule has 0 spiro atoms. The SMILES string of the molecule is COc1ccc(S(=O)(=O)N2CCCc3ccc(NS(=O)(=O)c4ccc(C)cc4)cc32)cc1. The number of rotatable bonds is 6. The van der Waals surface area contributed by atoms with Crippen LogP contribution in [0.1, 0.15) is 17.5 Å². The lowest BCUT2D eigenvalue weighted by Crippen LogP contribution is -2.35. The predicted molar refractivity (Wildman–Crippen MR) is 124 cm³/mol. The van der Waals surface area contributed by atoms with Crippen molar-refractivity contribution in [2.75, 3.05) is 22.7 Å². The van der Waals surface area contributed by atoms with Crippen molar-refractivity contribution < 1.29 is 21.6 Å². The van der Waals surface area contributed by atoms with Crippen LogP contribution in [0.25, 0.3) is 0 Å². The van der Waals surface area contributed by atoms with E-state index in [0.717, 1.165) is 17.5 Å². The number of sulfonamides is 2. The molecule has 168 valence electrons. The van der Waals surface area contributed by atoms with Gasteiger partial charge in [0.2, 0.25) is 0 Å². The number of aryl methyl sites for hydroxylation is 2. The summed E-state index contributed by atoms with van der Waals surface area (Å²) in [5, 5.41) is 0. The van der Waals surface area contributed by atoms with Gasteiger partial charge in [-0.05, 0) is 73.9 Å². The molecule has 9 heteroatoms. The summed E-state index contributed by atoms with van der Waals surface area (Å²) in [6.45, 7) is 2.20. The largest absolute Gasteiger partial charge is 0.497 e. The van der Waals surface area contributed by atoms with E-state index in [2.05, 4.69) is 4.72 Å². The molecule has 1 N–H and O–H groups in total. The first-order valence-corrected chi connectivity index (χ1v) is 13.0. The van der Waals surface area contributed by atoms with Crippen molar-refractivity contribution in [2.24, 2.45) is 0 Å². The second-order valence-electron chi connectivity index (χ2n) is 7.62. The maximum Gasteiger partial charge on any atom is 0.264 e. The Balaban J connectivity index is 1.68. The average molecular weight is 473 g/mol. The number of methoxy groups -OCH3 is 1. The van der Waals surface area contributed by atoms with Gasteiger partial charge in [0.05, 0.1) is 28.3 Å². The van der Waals surface area contributed by atoms with Gasteiger partial charge >= 0.3 is 0 Å². The Bertz CT molecular complexity index is 1330. The molecule has 0 fully saturated rings. The Morgan fingerprint density at radius 2 is 1.53 bits per heavy atom. The first-order valence-electron chi connectivity index (χ1n) is 10.1. The molecule has 1 aliphatic rings. The zero-order chi connectivity index (χ0) is 22.9. The van der Waals surface area contributed by atoms with Crippen molar-refractivity contribution in [1.82, 2.24) is 0 Å². The summed E-state index contributed by atoms with van der Waals surface area (Å²) in [5.74, 6) is 0.566. The lowest BCUT2D eigenvalue weighted by molar-refractivity contribution is 0.414. The predicted octanol–water partition coefficient (Wildman–Crippen LogP) is 3.95. The minimum atomic E-state index is -3.82. The highest BCUT2D eigenvalue weighted by atomic mass is 32.2. The van der Waals surface area contributed by atoms with E-state index in [9.17, 15) is 16.8 Å². The summed E-state index contributed by atoms with van der Waals surface area (Å²) >= 11 is 0. The van der Waals surface area contributed by atoms with Gasteiger partial charge < -0.3 is 4.74 Å². The van der Waals surface area contributed by atoms with Gasteiger partial charge in [0.15, 0.2) is 0 Å². The van der Waals surface area contributed by atoms with Crippen molar-refractivity contribution in [3.8, 4) is 5.75 Å². The summed E-state index contributed by atoms with van der Waals surface area (Å²) < 4.78 is 61.3. The van der Waals surface area contributed by atoms with Crippen LogP contribution >= 0.6 is 0 Å². The molecule has 0 saturated heterocycles. The van der Waals surface area contributed by atoms with Crippen LogP contribution in [0.2, 0.25) is 0 Å². The average Bonchev–Trinajstić information content (AvgIpc) is 2.78. The highest BCUT2D eigenvalue weighted by Crippen LogP contribution is 2.35. The Morgan fingerprint density at radius 1 is 0.875 bits per heavy atom. The van der Waals surface area contributed by atoms with Crippen molar-refractivity contribution in [1.29, 1.82) is 0 Å². The zero-order valence-electron chi connectivity index (χ0n) is 17.8. The Hall–Kier alpha value is -3.04. The van der Waals surface area contributed by atoms with Crippen molar-refractivity contribution in [3.05, 3.63) is 77.9 Å². The summed E-state index contributed by atoms with van der Waals surface area (Å²) in [6, 6.07) is 17.8. The number of ether oxygens (including phenoxy) is 1. The van der Waals surface area contributed by atoms with Gasteiger partial charge in [-0.2, -0.15) is 0 Å². The molecular formula is C23H24N2O5S2. The second-order valence-corrected chi connectivity index (χ2v) is 11.2. The smallest absolute Gasteiger partial charge is 0.264 e. The highest BCUT2D eigenvalue weighted by Gasteiger charge is 2.29. The molecule has 0 aromatic heterocycles. The molecule has 3 aromatic carbocycles. The van der Waals surface area contributed by atoms with E-state index >= 15 is 0 Å². The van der Waals surface area contributed by atoms with E-state index in [4.69, 9.17) is 4.74 Å². The van der Waals surface area contributed by atoms with Crippen LogP contribution < -0.4 is 13.8 Å². The van der Waals surface area contributed by atoms with E-state index in [-0.39, 0.29) is 9.79 Å². The van der Waals surface area contributed by atoms with Gasteiger partial charge in [-0.15, -0.1) is 0 Å². The summed E-state index contributed by atoms with van der Waals surface area (Å²) in [5.41, 5.74) is 2.60. The standard InChI is InChI=1S/C23H24N2O5S2/c1-17-5-11-21(12-6-17)31(26,27)24-19-8-7-18-4-3-15-25(23(18)16-19)32(28,29)22-13-9-20(30-2)10-14-22/h5-14,16,24H,3-4,15H2,1-2H3. The van der Waals surface area contributed by atoms with Crippen LogP contribution in [0.15, 0.2) is 76.5 Å². The number of benzene rings is 3. The fourth-order valence-corrected chi connectivity index (χ4v) is 6.24. The summed E-state index contributed by atoms with van der Waals surface area (Å²) in [7, 11) is -6.10. The van der Waals surface area contributed by atoms with Gasteiger partial charge in [-0.1, -0.05) is 23.8 Å². The van der Waals surface area contributed by atoms with E-state index in [1.165, 1.54) is 35.7 Å². The van der Waals surface area contributed by atoms with E-state index < -0.39 is 20.0 Å². The summed E-state index contributed by atoms with van der Waals surface area (Å²) in [4.78, 5) is 0.292. The molecule has 1 heterocycles. The first kappa shape index (κ1) is 22.2. The molecule has 4 rings (SSSR count). The fourth-order valence-electron chi connectivity index (χ4n) is 3.66. The van der Waals surface area contributed by atoms with Crippen molar-refractivity contribution >= 4 is 31.4 Å². The molecule has 0 unspecified atom stereocenters. The number of fused-ring (bicyclic) bond motifs is 1. The monoisotopic (exact) mass is 472 g/mol. The molecule has 0 atom stereocenters. The van der Waals surface area contributed by atoms with Crippen LogP contribution in [0, 0.1) is 6.92 Å². The molecular weight excluding hydrogens is 448 g/mol. The molecule has 0 saturated carbocycles. The molecule has 0 amide bonds. The molecule has 0 bridgehead atoms. The molecule has 1 aliphatic heterocycles. The minimum absolute atomic E-state index is 0.142. The van der Waals surface area contributed by atoms with E-state index in [1.54, 1.807) is 42.5 Å². The van der Waals surface area contributed by atoms with Gasteiger partial charge in [0, 0.05) is 6.54 Å². The second kappa shape index (κ2) is 8.48. The highest BCUT2D eigenvalue weighted by molar-refractivity contribution is 7.93. The maximum absolute atomic E-state index is 13.3. The normalized spacial score (nSPS) is 14.0. The van der Waals surface area contributed by atoms with Gasteiger partial charge in [0.25, 0.3) is 20.0 Å². The topological polar surface area (TPSA) is 92.8 Å². The molecule has 7 nitrogen and oxygen atoms in total. The van der Waals surface area contributed by atoms with Gasteiger partial charge in [-0.3, -0.25) is 9.03 Å². The fraction of sp³-hybridized carbons (Fsp3) is 0.217. The lowest BCUT2D eigenvalue weighted by Gasteiger charge is -2.31. The number of anilines is 2. The number of nitrogens with zero attached hydrogens (tertiary/aromatic N) is 1. The Kier molecular flexibility index (Phi) is 5.87. The van der Waals surface area contributed by atoms with Crippen molar-refractivity contribution in [3.63, 3.8) is 0 Å². The van der Waals surface area contributed by atoms with Crippen LogP contribution in [0.3, 0.4) is 0 Å². The third-order valence-corrected chi connectivity index (χ3v) is 8.62. The Labute approximate surface area is 188 Å². The van der Waals surface area contributed by atoms with Crippen LogP contribution in [-0.4, -0.2) is 30.5 Å². The van der Waals surface area contributed by atoms with Crippen molar-refractivity contribution in [2.45, 2.75) is 29.6 Å². The minimum Gasteiger partial charge on any atom is -0.497 e. The summed E-state index contributed by atoms with van der Waals surface area (Å²) in [6.07, 6.45) is 1.39. The number of hydrogen-bond donors (Lipinski definition) is 1. The molecule has 32 heavy (non-hydrogen) atoms. The molecule has 0 aliphatic carbocycles. The van der Waals surface area contributed by atoms with Crippen LogP contribution in [-0.2, 0) is 26.5 Å².